The number of nitrogens with zero attached hydrogens (tertiary/aromatic N) is 2. The molecule has 0 bridgehead atoms. The van der Waals surface area contributed by atoms with Crippen LogP contribution in [0.1, 0.15) is 66.8 Å². The molecule has 1 atom stereocenters. The molecule has 0 fully saturated rings. The zero-order valence-corrected chi connectivity index (χ0v) is 20.7. The average molecular weight is 484 g/mol. The van der Waals surface area contributed by atoms with Crippen molar-refractivity contribution in [2.45, 2.75) is 58.7 Å². The Morgan fingerprint density at radius 1 is 1.00 bits per heavy atom. The molecule has 1 aliphatic heterocycles. The van der Waals surface area contributed by atoms with E-state index in [0.717, 1.165) is 5.56 Å². The first kappa shape index (κ1) is 25.4. The van der Waals surface area contributed by atoms with Gasteiger partial charge in [-0.05, 0) is 63.9 Å². The fourth-order valence-corrected chi connectivity index (χ4v) is 3.94. The number of hydrogen-bond donors (Lipinski definition) is 1. The number of hydrogen-bond acceptors (Lipinski definition) is 4. The Morgan fingerprint density at radius 2 is 1.56 bits per heavy atom. The largest absolute Gasteiger partial charge is 0.350 e. The van der Waals surface area contributed by atoms with Gasteiger partial charge in [0, 0.05) is 30.1 Å². The first-order chi connectivity index (χ1) is 16.0. The molecule has 0 spiro atoms. The molecule has 0 aliphatic carbocycles. The van der Waals surface area contributed by atoms with Crippen LogP contribution < -0.4 is 5.32 Å². The zero-order chi connectivity index (χ0) is 25.0. The predicted molar refractivity (Wildman–Crippen MR) is 130 cm³/mol. The normalized spacial score (nSPS) is 14.1. The summed E-state index contributed by atoms with van der Waals surface area (Å²) in [7, 11) is 0. The van der Waals surface area contributed by atoms with Crippen LogP contribution in [0, 0.1) is 0 Å². The summed E-state index contributed by atoms with van der Waals surface area (Å²) in [6.07, 6.45) is 0.392. The number of halogens is 1. The molecule has 0 saturated heterocycles. The standard InChI is InChI=1S/C26H30ClN3O4/c1-17(23(32)28-26(2,3)4)30(16-18-11-13-19(27)14-12-18)22(31)10-7-15-29-24(33)20-8-5-6-9-21(20)25(29)34/h5-6,8-9,11-14,17H,7,10,15-16H2,1-4H3,(H,28,32)/t17-/m0/s1. The van der Waals surface area contributed by atoms with Crippen LogP contribution in [0.2, 0.25) is 5.02 Å². The lowest BCUT2D eigenvalue weighted by Crippen LogP contribution is -2.52. The highest BCUT2D eigenvalue weighted by Gasteiger charge is 2.35. The van der Waals surface area contributed by atoms with Gasteiger partial charge in [0.25, 0.3) is 11.8 Å². The summed E-state index contributed by atoms with van der Waals surface area (Å²) in [5.74, 6) is -1.17. The van der Waals surface area contributed by atoms with Gasteiger partial charge in [0.15, 0.2) is 0 Å². The van der Waals surface area contributed by atoms with Crippen molar-refractivity contribution in [1.29, 1.82) is 0 Å². The number of rotatable bonds is 8. The maximum Gasteiger partial charge on any atom is 0.261 e. The lowest BCUT2D eigenvalue weighted by Gasteiger charge is -2.31. The molecule has 7 nitrogen and oxygen atoms in total. The summed E-state index contributed by atoms with van der Waals surface area (Å²) < 4.78 is 0. The fraction of sp³-hybridized carbons (Fsp3) is 0.385. The van der Waals surface area contributed by atoms with E-state index in [2.05, 4.69) is 5.32 Å². The molecule has 1 heterocycles. The Hall–Kier alpha value is -3.19. The van der Waals surface area contributed by atoms with E-state index < -0.39 is 11.6 Å². The van der Waals surface area contributed by atoms with E-state index in [1.54, 1.807) is 43.3 Å². The van der Waals surface area contributed by atoms with Gasteiger partial charge in [-0.15, -0.1) is 0 Å². The molecule has 1 N–H and O–H groups in total. The van der Waals surface area contributed by atoms with Crippen molar-refractivity contribution in [3.63, 3.8) is 0 Å². The van der Waals surface area contributed by atoms with Crippen LogP contribution in [-0.2, 0) is 16.1 Å². The second kappa shape index (κ2) is 10.4. The van der Waals surface area contributed by atoms with Gasteiger partial charge in [-0.2, -0.15) is 0 Å². The number of benzene rings is 2. The quantitative estimate of drug-likeness (QED) is 0.574. The first-order valence-corrected chi connectivity index (χ1v) is 11.7. The van der Waals surface area contributed by atoms with Crippen LogP contribution >= 0.6 is 11.6 Å². The Kier molecular flexibility index (Phi) is 7.77. The van der Waals surface area contributed by atoms with E-state index in [9.17, 15) is 19.2 Å². The second-order valence-corrected chi connectivity index (χ2v) is 9.91. The lowest BCUT2D eigenvalue weighted by molar-refractivity contribution is -0.141. The summed E-state index contributed by atoms with van der Waals surface area (Å²) in [6, 6.07) is 13.1. The van der Waals surface area contributed by atoms with Crippen molar-refractivity contribution in [3.05, 3.63) is 70.2 Å². The summed E-state index contributed by atoms with van der Waals surface area (Å²) in [4.78, 5) is 53.9. The number of nitrogens with one attached hydrogen (secondary N) is 1. The maximum atomic E-state index is 13.2. The minimum atomic E-state index is -0.707. The van der Waals surface area contributed by atoms with E-state index in [0.29, 0.717) is 22.6 Å². The molecule has 8 heteroatoms. The van der Waals surface area contributed by atoms with E-state index in [1.165, 1.54) is 9.80 Å². The highest BCUT2D eigenvalue weighted by atomic mass is 35.5. The molecule has 3 rings (SSSR count). The molecule has 1 aliphatic rings. The van der Waals surface area contributed by atoms with Gasteiger partial charge in [-0.3, -0.25) is 24.1 Å². The van der Waals surface area contributed by atoms with Gasteiger partial charge >= 0.3 is 0 Å². The lowest BCUT2D eigenvalue weighted by atomic mass is 10.1. The van der Waals surface area contributed by atoms with Crippen molar-refractivity contribution >= 4 is 35.2 Å². The molecule has 0 saturated carbocycles. The molecule has 0 radical (unpaired) electrons. The number of imide groups is 1. The Morgan fingerprint density at radius 3 is 2.09 bits per heavy atom. The number of fused-ring (bicyclic) bond motifs is 1. The minimum absolute atomic E-state index is 0.0914. The van der Waals surface area contributed by atoms with Crippen LogP contribution in [0.25, 0.3) is 0 Å². The van der Waals surface area contributed by atoms with Crippen LogP contribution in [0.5, 0.6) is 0 Å². The third kappa shape index (κ3) is 6.03. The molecule has 2 aromatic carbocycles. The first-order valence-electron chi connectivity index (χ1n) is 11.3. The van der Waals surface area contributed by atoms with E-state index >= 15 is 0 Å². The van der Waals surface area contributed by atoms with Gasteiger partial charge in [-0.25, -0.2) is 0 Å². The number of amides is 4. The molecule has 34 heavy (non-hydrogen) atoms. The van der Waals surface area contributed by atoms with Gasteiger partial charge in [0.05, 0.1) is 11.1 Å². The summed E-state index contributed by atoms with van der Waals surface area (Å²) in [5, 5.41) is 3.50. The highest BCUT2D eigenvalue weighted by molar-refractivity contribution is 6.30. The average Bonchev–Trinajstić information content (AvgIpc) is 3.02. The van der Waals surface area contributed by atoms with Crippen LogP contribution in [0.15, 0.2) is 48.5 Å². The minimum Gasteiger partial charge on any atom is -0.350 e. The van der Waals surface area contributed by atoms with Gasteiger partial charge in [0.2, 0.25) is 11.8 Å². The summed E-state index contributed by atoms with van der Waals surface area (Å²) in [5.41, 5.74) is 1.17. The zero-order valence-electron chi connectivity index (χ0n) is 19.9. The Labute approximate surface area is 205 Å². The van der Waals surface area contributed by atoms with Gasteiger partial charge in [-0.1, -0.05) is 35.9 Å². The van der Waals surface area contributed by atoms with Crippen LogP contribution in [0.4, 0.5) is 0 Å². The topological polar surface area (TPSA) is 86.8 Å². The molecular weight excluding hydrogens is 454 g/mol. The third-order valence-electron chi connectivity index (χ3n) is 5.58. The van der Waals surface area contributed by atoms with Gasteiger partial charge in [0.1, 0.15) is 6.04 Å². The van der Waals surface area contributed by atoms with E-state index in [-0.39, 0.29) is 43.1 Å². The second-order valence-electron chi connectivity index (χ2n) is 9.47. The highest BCUT2D eigenvalue weighted by Crippen LogP contribution is 2.23. The number of carbonyl (C=O) groups is 4. The molecule has 4 amide bonds. The summed E-state index contributed by atoms with van der Waals surface area (Å²) >= 11 is 5.98. The van der Waals surface area contributed by atoms with Crippen molar-refractivity contribution in [2.75, 3.05) is 6.54 Å². The van der Waals surface area contributed by atoms with Crippen molar-refractivity contribution in [1.82, 2.24) is 15.1 Å². The summed E-state index contributed by atoms with van der Waals surface area (Å²) in [6.45, 7) is 7.71. The van der Waals surface area contributed by atoms with Crippen molar-refractivity contribution in [2.24, 2.45) is 0 Å². The molecule has 180 valence electrons. The fourth-order valence-electron chi connectivity index (χ4n) is 3.82. The molecule has 0 aromatic heterocycles. The SMILES string of the molecule is C[C@@H](C(=O)NC(C)(C)C)N(Cc1ccc(Cl)cc1)C(=O)CCCN1C(=O)c2ccccc2C1=O. The van der Waals surface area contributed by atoms with Crippen LogP contribution in [-0.4, -0.2) is 51.6 Å². The molecule has 2 aromatic rings. The van der Waals surface area contributed by atoms with Crippen molar-refractivity contribution < 1.29 is 19.2 Å². The number of carbonyl (C=O) groups excluding carboxylic acids is 4. The van der Waals surface area contributed by atoms with E-state index in [4.69, 9.17) is 11.6 Å². The predicted octanol–water partition coefficient (Wildman–Crippen LogP) is 4.05. The monoisotopic (exact) mass is 483 g/mol. The molecule has 0 unspecified atom stereocenters. The maximum absolute atomic E-state index is 13.2. The Balaban J connectivity index is 1.68. The van der Waals surface area contributed by atoms with Crippen molar-refractivity contribution in [3.8, 4) is 0 Å². The third-order valence-corrected chi connectivity index (χ3v) is 5.83. The van der Waals surface area contributed by atoms with E-state index in [1.807, 2.05) is 32.9 Å². The van der Waals surface area contributed by atoms with Crippen LogP contribution in [0.3, 0.4) is 0 Å². The smallest absolute Gasteiger partial charge is 0.261 e. The van der Waals surface area contributed by atoms with Gasteiger partial charge < -0.3 is 10.2 Å². The Bertz CT molecular complexity index is 1060. The molecular formula is C26H30ClN3O4.